The SMILES string of the molecule is C=C(C[C@@H]1C[C@H](O)C2(C)OC3CC4OC5CC6(C)OC7(C)CCC(=O)[C@@H](C(C)C[C@@H]8O[C@@H]9C[C@@H]%10OC(=O)C=C(C)C%10OC9(C)CC8OC(=O)CCCCCCCCCCCCCCC)O[C@H]7C[C@H]6O[C@@]5(C)C/C=C\[C@H]4O[C@H]3C[C@H]2O1)C(=O)O. The van der Waals surface area contributed by atoms with Gasteiger partial charge in [0.25, 0.3) is 0 Å². The van der Waals surface area contributed by atoms with E-state index in [2.05, 4.69) is 46.4 Å². The Morgan fingerprint density at radius 3 is 2.11 bits per heavy atom. The van der Waals surface area contributed by atoms with Crippen molar-refractivity contribution in [3.05, 3.63) is 36.0 Å². The van der Waals surface area contributed by atoms with Gasteiger partial charge in [-0.1, -0.05) is 110 Å². The van der Waals surface area contributed by atoms with Crippen LogP contribution >= 0.6 is 0 Å². The molecule has 0 aliphatic carbocycles. The summed E-state index contributed by atoms with van der Waals surface area (Å²) < 4.78 is 74.7. The molecule has 10 heterocycles. The number of esters is 2. The fourth-order valence-electron chi connectivity index (χ4n) is 16.0. The van der Waals surface area contributed by atoms with Crippen molar-refractivity contribution in [2.75, 3.05) is 0 Å². The normalized spacial score (nSPS) is 44.5. The third-order valence-corrected chi connectivity index (χ3v) is 21.1. The Balaban J connectivity index is 0.771. The predicted octanol–water partition coefficient (Wildman–Crippen LogP) is 10.6. The highest BCUT2D eigenvalue weighted by molar-refractivity contribution is 5.86. The number of rotatable bonds is 21. The standard InChI is InChI=1S/C66H100O17/c1-10-11-12-13-14-15-16-17-18-19-20-21-22-25-57(69)78-50-37-64(7)52(35-49-60(82-64)40(3)31-58(70)77-49)75-45(50)30-39(2)59-43(67)26-28-63(6)53(79-59)36-54-65(8,83-63)38-56-62(5,81-54)27-23-24-44-46(76-56)33-48-47(74-44)34-55-66(9,80-48)51(68)32-42(73-55)29-41(4)61(71)72/h23-24,31,39,42,44-56,59-60,68H,4,10-22,25-30,32-38H2,1-3,5-9H3,(H,71,72)/b24-23-/t39?,42-,44-,45+,46?,47+,48?,49+,50?,51+,52-,53+,54-,55-,56?,59-,60?,62+,63?,64?,65?,66?/m1/s1. The summed E-state index contributed by atoms with van der Waals surface area (Å²) in [4.78, 5) is 52.4. The summed E-state index contributed by atoms with van der Waals surface area (Å²) in [6.45, 7) is 20.0. The van der Waals surface area contributed by atoms with Crippen LogP contribution in [0.5, 0.6) is 0 Å². The second-order valence-electron chi connectivity index (χ2n) is 28.0. The van der Waals surface area contributed by atoms with Crippen LogP contribution < -0.4 is 0 Å². The van der Waals surface area contributed by atoms with Crippen molar-refractivity contribution in [3.63, 3.8) is 0 Å². The molecule has 0 radical (unpaired) electrons. The second kappa shape index (κ2) is 25.9. The molecule has 83 heavy (non-hydrogen) atoms. The molecule has 17 heteroatoms. The van der Waals surface area contributed by atoms with E-state index in [-0.39, 0.29) is 79.1 Å². The lowest BCUT2D eigenvalue weighted by molar-refractivity contribution is -0.356. The van der Waals surface area contributed by atoms with Gasteiger partial charge in [0.1, 0.15) is 36.1 Å². The average molecular weight is 1170 g/mol. The fourth-order valence-corrected chi connectivity index (χ4v) is 16.0. The maximum Gasteiger partial charge on any atom is 0.331 e. The summed E-state index contributed by atoms with van der Waals surface area (Å²) in [6.07, 6.45) is 18.7. The number of hydrogen-bond donors (Lipinski definition) is 2. The van der Waals surface area contributed by atoms with Gasteiger partial charge in [0.05, 0.1) is 89.5 Å². The summed E-state index contributed by atoms with van der Waals surface area (Å²) in [6, 6.07) is 0. The number of carboxylic acid groups (broad SMARTS) is 1. The molecular formula is C66H100O17. The Bertz CT molecular complexity index is 2390. The highest BCUT2D eigenvalue weighted by Crippen LogP contribution is 2.54. The number of aliphatic carboxylic acids is 1. The number of hydrogen-bond acceptors (Lipinski definition) is 16. The number of carboxylic acids is 1. The molecule has 0 spiro atoms. The van der Waals surface area contributed by atoms with E-state index in [0.29, 0.717) is 64.2 Å². The number of ketones is 1. The molecule has 10 aliphatic heterocycles. The molecule has 10 aliphatic rings. The van der Waals surface area contributed by atoms with Crippen molar-refractivity contribution < 1.29 is 81.5 Å². The third-order valence-electron chi connectivity index (χ3n) is 21.1. The Kier molecular flexibility index (Phi) is 19.7. The van der Waals surface area contributed by atoms with E-state index < -0.39 is 101 Å². The van der Waals surface area contributed by atoms with Crippen LogP contribution in [-0.2, 0) is 71.3 Å². The highest BCUT2D eigenvalue weighted by atomic mass is 16.6. The molecule has 466 valence electrons. The van der Waals surface area contributed by atoms with E-state index in [1.165, 1.54) is 70.3 Å². The zero-order chi connectivity index (χ0) is 59.1. The number of fused-ring (bicyclic) bond motifs is 8. The van der Waals surface area contributed by atoms with Crippen LogP contribution in [0.1, 0.15) is 222 Å². The van der Waals surface area contributed by atoms with Crippen molar-refractivity contribution in [2.45, 2.75) is 348 Å². The summed E-state index contributed by atoms with van der Waals surface area (Å²) >= 11 is 0. The number of ether oxygens (including phenoxy) is 11. The van der Waals surface area contributed by atoms with Gasteiger partial charge < -0.3 is 62.3 Å². The summed E-state index contributed by atoms with van der Waals surface area (Å²) in [5.41, 5.74) is -3.34. The highest BCUT2D eigenvalue weighted by Gasteiger charge is 2.64. The Hall–Kier alpha value is -3.10. The molecule has 17 nitrogen and oxygen atoms in total. The number of unbranched alkanes of at least 4 members (excludes halogenated alkanes) is 12. The lowest BCUT2D eigenvalue weighted by atomic mass is 9.72. The maximum absolute atomic E-state index is 14.5. The first-order valence-electron chi connectivity index (χ1n) is 32.4. The van der Waals surface area contributed by atoms with Gasteiger partial charge >= 0.3 is 17.9 Å². The van der Waals surface area contributed by atoms with Gasteiger partial charge in [0.15, 0.2) is 5.78 Å². The van der Waals surface area contributed by atoms with E-state index in [1.54, 1.807) is 0 Å². The zero-order valence-corrected chi connectivity index (χ0v) is 51.2. The van der Waals surface area contributed by atoms with Gasteiger partial charge in [0.2, 0.25) is 0 Å². The minimum atomic E-state index is -1.08. The van der Waals surface area contributed by atoms with Crippen molar-refractivity contribution in [1.29, 1.82) is 0 Å². The Labute approximate surface area is 493 Å². The molecule has 22 atom stereocenters. The first-order valence-corrected chi connectivity index (χ1v) is 32.4. The first kappa shape index (κ1) is 62.9. The lowest BCUT2D eigenvalue weighted by Crippen LogP contribution is -2.70. The van der Waals surface area contributed by atoms with Crippen molar-refractivity contribution in [1.82, 2.24) is 0 Å². The van der Waals surface area contributed by atoms with Crippen LogP contribution in [0, 0.1) is 5.92 Å². The number of Topliss-reactive ketones (excluding diaryl/α,β-unsaturated/α-hetero) is 1. The second-order valence-corrected chi connectivity index (χ2v) is 28.0. The van der Waals surface area contributed by atoms with Gasteiger partial charge in [-0.2, -0.15) is 0 Å². The topological polar surface area (TPSA) is 210 Å². The average Bonchev–Trinajstić information content (AvgIpc) is 2.12. The molecule has 0 bridgehead atoms. The fraction of sp³-hybridized carbons (Fsp3) is 0.848. The molecule has 8 fully saturated rings. The monoisotopic (exact) mass is 1160 g/mol. The predicted molar refractivity (Wildman–Crippen MR) is 306 cm³/mol. The van der Waals surface area contributed by atoms with Crippen molar-refractivity contribution >= 4 is 23.7 Å². The summed E-state index contributed by atoms with van der Waals surface area (Å²) in [5.74, 6) is -2.07. The molecule has 0 aromatic rings. The van der Waals surface area contributed by atoms with Gasteiger partial charge in [-0.3, -0.25) is 9.59 Å². The number of aliphatic hydroxyl groups is 1. The number of carbonyl (C=O) groups excluding carboxylic acids is 3. The van der Waals surface area contributed by atoms with Gasteiger partial charge in [-0.05, 0) is 78.7 Å². The van der Waals surface area contributed by atoms with Crippen LogP contribution in [0.2, 0.25) is 0 Å². The van der Waals surface area contributed by atoms with Gasteiger partial charge in [0, 0.05) is 75.9 Å². The van der Waals surface area contributed by atoms with E-state index in [1.807, 2.05) is 27.7 Å². The van der Waals surface area contributed by atoms with E-state index in [9.17, 15) is 29.4 Å². The summed E-state index contributed by atoms with van der Waals surface area (Å²) in [5, 5.41) is 21.0. The Morgan fingerprint density at radius 2 is 1.40 bits per heavy atom. The van der Waals surface area contributed by atoms with Crippen LogP contribution in [0.3, 0.4) is 0 Å². The molecule has 10 rings (SSSR count). The summed E-state index contributed by atoms with van der Waals surface area (Å²) in [7, 11) is 0. The molecule has 2 N–H and O–H groups in total. The quantitative estimate of drug-likeness (QED) is 0.0474. The third kappa shape index (κ3) is 13.8. The smallest absolute Gasteiger partial charge is 0.331 e. The van der Waals surface area contributed by atoms with E-state index in [4.69, 9.17) is 52.1 Å². The van der Waals surface area contributed by atoms with Crippen LogP contribution in [0.25, 0.3) is 0 Å². The number of aliphatic hydroxyl groups excluding tert-OH is 1. The zero-order valence-electron chi connectivity index (χ0n) is 51.2. The molecule has 0 amide bonds. The minimum absolute atomic E-state index is 0.00682. The Morgan fingerprint density at radius 1 is 0.711 bits per heavy atom. The first-order chi connectivity index (χ1) is 39.5. The minimum Gasteiger partial charge on any atom is -0.478 e. The van der Waals surface area contributed by atoms with E-state index >= 15 is 0 Å². The maximum atomic E-state index is 14.5. The van der Waals surface area contributed by atoms with Crippen molar-refractivity contribution in [3.8, 4) is 0 Å². The lowest BCUT2D eigenvalue weighted by Gasteiger charge is -2.60. The van der Waals surface area contributed by atoms with Gasteiger partial charge in [-0.15, -0.1) is 0 Å². The number of carbonyl (C=O) groups is 4. The van der Waals surface area contributed by atoms with Crippen LogP contribution in [0.4, 0.5) is 0 Å². The van der Waals surface area contributed by atoms with E-state index in [0.717, 1.165) is 24.8 Å². The van der Waals surface area contributed by atoms with Crippen molar-refractivity contribution in [2.24, 2.45) is 5.92 Å². The van der Waals surface area contributed by atoms with Crippen LogP contribution in [0.15, 0.2) is 36.0 Å². The molecular weight excluding hydrogens is 1060 g/mol. The molecule has 0 aromatic carbocycles. The molecule has 0 saturated carbocycles. The van der Waals surface area contributed by atoms with Crippen LogP contribution in [-0.4, -0.2) is 160 Å². The molecule has 10 unspecified atom stereocenters. The molecule has 0 aromatic heterocycles. The van der Waals surface area contributed by atoms with Gasteiger partial charge in [-0.25, -0.2) is 9.59 Å². The molecule has 8 saturated heterocycles. The largest absolute Gasteiger partial charge is 0.478 e.